The van der Waals surface area contributed by atoms with Gasteiger partial charge in [0.05, 0.1) is 11.0 Å². The number of thioether (sulfide) groups is 1. The molecule has 1 aliphatic heterocycles. The molecule has 1 N–H and O–H groups in total. The molecule has 0 aliphatic carbocycles. The standard InChI is InChI=1S/C25H22N4O3S2/c1-25(23(30)28-24(31)34-25)14-16-6-8-17(9-7-16)32-15-21-27-19-11-10-18(13-20(19)29(21)2)33-22-5-3-4-12-26-22/h3-13H,14-15H2,1-2H3,(H,28,30,31). The summed E-state index contributed by atoms with van der Waals surface area (Å²) in [4.78, 5) is 33.8. The molecular weight excluding hydrogens is 468 g/mol. The highest BCUT2D eigenvalue weighted by Crippen LogP contribution is 2.35. The predicted octanol–water partition coefficient (Wildman–Crippen LogP) is 4.98. The van der Waals surface area contributed by atoms with Crippen LogP contribution in [0.4, 0.5) is 4.79 Å². The van der Waals surface area contributed by atoms with Crippen molar-refractivity contribution in [3.05, 3.63) is 78.2 Å². The van der Waals surface area contributed by atoms with E-state index in [1.165, 1.54) is 0 Å². The highest BCUT2D eigenvalue weighted by molar-refractivity contribution is 8.16. The van der Waals surface area contributed by atoms with Gasteiger partial charge in [-0.15, -0.1) is 0 Å². The van der Waals surface area contributed by atoms with Crippen molar-refractivity contribution in [3.63, 3.8) is 0 Å². The number of carbonyl (C=O) groups is 2. The molecule has 2 aromatic carbocycles. The van der Waals surface area contributed by atoms with E-state index in [9.17, 15) is 9.59 Å². The quantitative estimate of drug-likeness (QED) is 0.391. The van der Waals surface area contributed by atoms with Crippen molar-refractivity contribution < 1.29 is 14.3 Å². The smallest absolute Gasteiger partial charge is 0.286 e. The van der Waals surface area contributed by atoms with E-state index in [-0.39, 0.29) is 11.1 Å². The molecule has 1 unspecified atom stereocenters. The summed E-state index contributed by atoms with van der Waals surface area (Å²) < 4.78 is 7.24. The third-order valence-corrected chi connectivity index (χ3v) is 7.66. The van der Waals surface area contributed by atoms with Crippen LogP contribution >= 0.6 is 23.5 Å². The fraction of sp³-hybridized carbons (Fsp3) is 0.200. The summed E-state index contributed by atoms with van der Waals surface area (Å²) in [6, 6.07) is 19.7. The zero-order valence-corrected chi connectivity index (χ0v) is 20.3. The topological polar surface area (TPSA) is 86.1 Å². The van der Waals surface area contributed by atoms with E-state index in [0.29, 0.717) is 18.8 Å². The first-order valence-corrected chi connectivity index (χ1v) is 12.3. The van der Waals surface area contributed by atoms with Crippen molar-refractivity contribution in [1.82, 2.24) is 19.9 Å². The second kappa shape index (κ2) is 9.15. The fourth-order valence-corrected chi connectivity index (χ4v) is 5.54. The summed E-state index contributed by atoms with van der Waals surface area (Å²) in [6.45, 7) is 2.12. The number of hydrogen-bond donors (Lipinski definition) is 1. The molecule has 3 heterocycles. The number of rotatable bonds is 7. The molecule has 0 bridgehead atoms. The van der Waals surface area contributed by atoms with E-state index in [1.807, 2.05) is 60.1 Å². The van der Waals surface area contributed by atoms with Gasteiger partial charge in [-0.2, -0.15) is 0 Å². The van der Waals surface area contributed by atoms with E-state index in [4.69, 9.17) is 9.72 Å². The molecule has 4 aromatic rings. The number of benzene rings is 2. The number of imide groups is 1. The second-order valence-electron chi connectivity index (χ2n) is 8.19. The molecule has 2 aromatic heterocycles. The Bertz CT molecular complexity index is 1370. The van der Waals surface area contributed by atoms with Crippen LogP contribution in [0.25, 0.3) is 11.0 Å². The number of amides is 2. The van der Waals surface area contributed by atoms with E-state index < -0.39 is 4.75 Å². The highest BCUT2D eigenvalue weighted by Gasteiger charge is 2.43. The number of pyridine rings is 1. The van der Waals surface area contributed by atoms with Gasteiger partial charge in [0.2, 0.25) is 5.91 Å². The van der Waals surface area contributed by atoms with Crippen molar-refractivity contribution in [2.75, 3.05) is 0 Å². The van der Waals surface area contributed by atoms with Gasteiger partial charge in [0.1, 0.15) is 28.0 Å². The third kappa shape index (κ3) is 4.67. The molecule has 34 heavy (non-hydrogen) atoms. The third-order valence-electron chi connectivity index (χ3n) is 5.65. The molecule has 1 atom stereocenters. The number of imidazole rings is 1. The van der Waals surface area contributed by atoms with Crippen LogP contribution in [-0.4, -0.2) is 30.4 Å². The van der Waals surface area contributed by atoms with Gasteiger partial charge in [-0.05, 0) is 73.1 Å². The van der Waals surface area contributed by atoms with Gasteiger partial charge in [-0.3, -0.25) is 14.9 Å². The van der Waals surface area contributed by atoms with Crippen LogP contribution in [0.5, 0.6) is 5.75 Å². The van der Waals surface area contributed by atoms with Crippen molar-refractivity contribution in [3.8, 4) is 5.75 Å². The van der Waals surface area contributed by atoms with Crippen LogP contribution in [0, 0.1) is 0 Å². The first-order valence-electron chi connectivity index (χ1n) is 10.7. The number of carbonyl (C=O) groups excluding carboxylic acids is 2. The fourth-order valence-electron chi connectivity index (χ4n) is 3.80. The Labute approximate surface area is 205 Å². The maximum Gasteiger partial charge on any atom is 0.286 e. The van der Waals surface area contributed by atoms with Gasteiger partial charge >= 0.3 is 0 Å². The lowest BCUT2D eigenvalue weighted by Crippen LogP contribution is -2.35. The molecule has 5 rings (SSSR count). The highest BCUT2D eigenvalue weighted by atomic mass is 32.2. The Balaban J connectivity index is 1.25. The first-order chi connectivity index (χ1) is 16.4. The first kappa shape index (κ1) is 22.5. The summed E-state index contributed by atoms with van der Waals surface area (Å²) in [6.07, 6.45) is 2.26. The number of aryl methyl sites for hydroxylation is 1. The van der Waals surface area contributed by atoms with Crippen LogP contribution in [0.3, 0.4) is 0 Å². The van der Waals surface area contributed by atoms with Gasteiger partial charge in [0, 0.05) is 18.1 Å². The Morgan fingerprint density at radius 1 is 1.12 bits per heavy atom. The van der Waals surface area contributed by atoms with E-state index >= 15 is 0 Å². The minimum absolute atomic E-state index is 0.244. The predicted molar refractivity (Wildman–Crippen MR) is 133 cm³/mol. The van der Waals surface area contributed by atoms with Crippen molar-refractivity contribution in [2.45, 2.75) is 34.6 Å². The second-order valence-corrected chi connectivity index (χ2v) is 10.8. The van der Waals surface area contributed by atoms with Crippen molar-refractivity contribution in [1.29, 1.82) is 0 Å². The molecule has 1 saturated heterocycles. The number of hydrogen-bond acceptors (Lipinski definition) is 7. The van der Waals surface area contributed by atoms with Crippen molar-refractivity contribution >= 4 is 45.7 Å². The number of aromatic nitrogens is 3. The lowest BCUT2D eigenvalue weighted by molar-refractivity contribution is -0.121. The van der Waals surface area contributed by atoms with Crippen LogP contribution < -0.4 is 10.1 Å². The molecule has 0 radical (unpaired) electrons. The average Bonchev–Trinajstić information content (AvgIpc) is 3.27. The minimum Gasteiger partial charge on any atom is -0.486 e. The van der Waals surface area contributed by atoms with Gasteiger partial charge in [0.15, 0.2) is 0 Å². The van der Waals surface area contributed by atoms with Gasteiger partial charge in [-0.25, -0.2) is 9.97 Å². The Hall–Kier alpha value is -3.30. The summed E-state index contributed by atoms with van der Waals surface area (Å²) in [5.74, 6) is 1.29. The SMILES string of the molecule is Cn1c(COc2ccc(CC3(C)SC(=O)NC3=O)cc2)nc2ccc(Sc3ccccn3)cc21. The zero-order valence-electron chi connectivity index (χ0n) is 18.6. The maximum atomic E-state index is 12.1. The lowest BCUT2D eigenvalue weighted by atomic mass is 9.99. The van der Waals surface area contributed by atoms with E-state index in [0.717, 1.165) is 44.1 Å². The van der Waals surface area contributed by atoms with Crippen LogP contribution in [0.1, 0.15) is 18.3 Å². The van der Waals surface area contributed by atoms with Crippen molar-refractivity contribution in [2.24, 2.45) is 7.05 Å². The van der Waals surface area contributed by atoms with E-state index in [1.54, 1.807) is 24.9 Å². The molecule has 2 amide bonds. The van der Waals surface area contributed by atoms with Gasteiger partial charge in [0.25, 0.3) is 5.24 Å². The summed E-state index contributed by atoms with van der Waals surface area (Å²) in [5.41, 5.74) is 2.91. The van der Waals surface area contributed by atoms with Crippen LogP contribution in [-0.2, 0) is 24.9 Å². The summed E-state index contributed by atoms with van der Waals surface area (Å²) in [7, 11) is 1.98. The number of nitrogens with zero attached hydrogens (tertiary/aromatic N) is 3. The molecule has 7 nitrogen and oxygen atoms in total. The largest absolute Gasteiger partial charge is 0.486 e. The van der Waals surface area contributed by atoms with E-state index in [2.05, 4.69) is 22.4 Å². The average molecular weight is 491 g/mol. The van der Waals surface area contributed by atoms with Gasteiger partial charge in [-0.1, -0.05) is 30.0 Å². The van der Waals surface area contributed by atoms with Gasteiger partial charge < -0.3 is 9.30 Å². The molecule has 172 valence electrons. The Morgan fingerprint density at radius 3 is 2.65 bits per heavy atom. The monoisotopic (exact) mass is 490 g/mol. The molecule has 9 heteroatoms. The normalized spacial score (nSPS) is 17.8. The lowest BCUT2D eigenvalue weighted by Gasteiger charge is -2.18. The number of fused-ring (bicyclic) bond motifs is 1. The van der Waals surface area contributed by atoms with Crippen LogP contribution in [0.2, 0.25) is 0 Å². The molecule has 0 saturated carbocycles. The molecular formula is C25H22N4O3S2. The summed E-state index contributed by atoms with van der Waals surface area (Å²) >= 11 is 2.65. The Kier molecular flexibility index (Phi) is 6.05. The number of ether oxygens (including phenoxy) is 1. The summed E-state index contributed by atoms with van der Waals surface area (Å²) in [5, 5.41) is 3.01. The number of nitrogens with one attached hydrogen (secondary N) is 1. The molecule has 1 aliphatic rings. The Morgan fingerprint density at radius 2 is 1.94 bits per heavy atom. The minimum atomic E-state index is -0.778. The molecule has 1 fully saturated rings. The zero-order chi connectivity index (χ0) is 23.7. The maximum absolute atomic E-state index is 12.1. The molecule has 0 spiro atoms. The van der Waals surface area contributed by atoms with Crippen LogP contribution in [0.15, 0.2) is 76.8 Å².